The van der Waals surface area contributed by atoms with Gasteiger partial charge < -0.3 is 9.84 Å². The van der Waals surface area contributed by atoms with Gasteiger partial charge in [-0.2, -0.15) is 0 Å². The van der Waals surface area contributed by atoms with Gasteiger partial charge in [-0.3, -0.25) is 14.4 Å². The molecule has 0 aromatic carbocycles. The Morgan fingerprint density at radius 3 is 2.47 bits per heavy atom. The van der Waals surface area contributed by atoms with Crippen molar-refractivity contribution >= 4 is 17.5 Å². The van der Waals surface area contributed by atoms with Crippen LogP contribution in [0.2, 0.25) is 0 Å². The lowest BCUT2D eigenvalue weighted by Gasteiger charge is -2.62. The van der Waals surface area contributed by atoms with Crippen molar-refractivity contribution in [3.05, 3.63) is 23.8 Å². The first kappa shape index (κ1) is 25.2. The van der Waals surface area contributed by atoms with Crippen molar-refractivity contribution in [3.63, 3.8) is 0 Å². The summed E-state index contributed by atoms with van der Waals surface area (Å²) < 4.78 is 37.8. The van der Waals surface area contributed by atoms with E-state index in [4.69, 9.17) is 4.74 Å². The maximum absolute atomic E-state index is 17.1. The molecule has 4 aliphatic rings. The lowest BCUT2D eigenvalue weighted by Crippen LogP contribution is -2.68. The van der Waals surface area contributed by atoms with E-state index >= 15 is 8.78 Å². The zero-order chi connectivity index (χ0) is 25.4. The molecule has 1 N–H and O–H groups in total. The zero-order valence-electron chi connectivity index (χ0n) is 20.9. The number of ether oxygens (including phenoxy) is 1. The van der Waals surface area contributed by atoms with Crippen molar-refractivity contribution in [1.82, 2.24) is 0 Å². The number of alkyl halides is 2. The predicted octanol–water partition coefficient (Wildman–Crippen LogP) is 4.33. The van der Waals surface area contributed by atoms with E-state index in [1.165, 1.54) is 18.2 Å². The van der Waals surface area contributed by atoms with Gasteiger partial charge in [0.1, 0.15) is 12.8 Å². The van der Waals surface area contributed by atoms with Crippen LogP contribution in [-0.4, -0.2) is 47.2 Å². The lowest BCUT2D eigenvalue weighted by molar-refractivity contribution is -0.202. The van der Waals surface area contributed by atoms with Gasteiger partial charge in [0, 0.05) is 17.3 Å². The topological polar surface area (TPSA) is 80.7 Å². The van der Waals surface area contributed by atoms with Crippen LogP contribution in [0.25, 0.3) is 0 Å². The molecular formula is C27H36F2O5. The largest absolute Gasteiger partial charge is 0.457 e. The molecule has 0 heterocycles. The van der Waals surface area contributed by atoms with Crippen LogP contribution in [0.4, 0.5) is 8.78 Å². The first-order chi connectivity index (χ1) is 15.6. The van der Waals surface area contributed by atoms with Crippen LogP contribution in [0.3, 0.4) is 0 Å². The van der Waals surface area contributed by atoms with Crippen LogP contribution in [0.5, 0.6) is 0 Å². The van der Waals surface area contributed by atoms with Crippen LogP contribution in [0.1, 0.15) is 60.8 Å². The molecule has 34 heavy (non-hydrogen) atoms. The Morgan fingerprint density at radius 1 is 1.21 bits per heavy atom. The number of aliphatic hydroxyl groups is 1. The standard InChI is InChI=1S/C27H36F2O5/c1-14-9-16-17-11-19(28)18-10-15(30)7-8-26(18,6)27(17,29)21(32)12-25(16,5)22(14)20(31)13-34-23(33)24(2,3)4/h7-8,10,14,16-17,19,21-22,32H,9,11-13H2,1-6H3/t14-,16?,17?,19+,21?,22?,25?,26?,27+/m1/s1. The number of aliphatic hydroxyl groups excluding tert-OH is 1. The third kappa shape index (κ3) is 3.36. The van der Waals surface area contributed by atoms with Crippen LogP contribution in [0.15, 0.2) is 23.8 Å². The molecule has 0 spiro atoms. The quantitative estimate of drug-likeness (QED) is 0.611. The third-order valence-electron chi connectivity index (χ3n) is 9.27. The average molecular weight is 479 g/mol. The van der Waals surface area contributed by atoms with Crippen molar-refractivity contribution in [2.45, 2.75) is 78.7 Å². The Hall–Kier alpha value is -1.89. The molecule has 0 radical (unpaired) electrons. The van der Waals surface area contributed by atoms with E-state index in [0.717, 1.165) is 0 Å². The highest BCUT2D eigenvalue weighted by molar-refractivity contribution is 6.01. The summed E-state index contributed by atoms with van der Waals surface area (Å²) in [6.45, 7) is 10.1. The normalized spacial score (nSPS) is 45.7. The molecule has 6 unspecified atom stereocenters. The number of allylic oxidation sites excluding steroid dienone is 4. The summed E-state index contributed by atoms with van der Waals surface area (Å²) in [4.78, 5) is 37.4. The number of carbonyl (C=O) groups is 3. The van der Waals surface area contributed by atoms with Gasteiger partial charge in [-0.25, -0.2) is 8.78 Å². The summed E-state index contributed by atoms with van der Waals surface area (Å²) in [6.07, 6.45) is 1.35. The van der Waals surface area contributed by atoms with E-state index in [9.17, 15) is 19.5 Å². The highest BCUT2D eigenvalue weighted by Gasteiger charge is 2.73. The molecule has 0 bridgehead atoms. The highest BCUT2D eigenvalue weighted by Crippen LogP contribution is 2.70. The molecule has 4 rings (SSSR count). The Labute approximate surface area is 200 Å². The number of esters is 1. The van der Waals surface area contributed by atoms with E-state index in [0.29, 0.717) is 6.42 Å². The summed E-state index contributed by atoms with van der Waals surface area (Å²) in [6, 6.07) is 0. The fourth-order valence-corrected chi connectivity index (χ4v) is 7.70. The van der Waals surface area contributed by atoms with Gasteiger partial charge in [0.05, 0.1) is 11.5 Å². The molecule has 188 valence electrons. The van der Waals surface area contributed by atoms with Crippen molar-refractivity contribution in [1.29, 1.82) is 0 Å². The third-order valence-corrected chi connectivity index (χ3v) is 9.27. The van der Waals surface area contributed by atoms with E-state index in [1.54, 1.807) is 27.7 Å². The molecule has 5 nitrogen and oxygen atoms in total. The molecule has 9 atom stereocenters. The van der Waals surface area contributed by atoms with Crippen molar-refractivity contribution in [3.8, 4) is 0 Å². The fraction of sp³-hybridized carbons (Fsp3) is 0.741. The monoisotopic (exact) mass is 478 g/mol. The Morgan fingerprint density at radius 2 is 1.85 bits per heavy atom. The van der Waals surface area contributed by atoms with Crippen molar-refractivity contribution in [2.24, 2.45) is 39.9 Å². The second-order valence-corrected chi connectivity index (χ2v) is 12.4. The van der Waals surface area contributed by atoms with E-state index in [2.05, 4.69) is 0 Å². The number of hydrogen-bond acceptors (Lipinski definition) is 5. The molecule has 0 aromatic rings. The molecule has 0 amide bonds. The number of carbonyl (C=O) groups excluding carboxylic acids is 3. The second-order valence-electron chi connectivity index (χ2n) is 12.4. The van der Waals surface area contributed by atoms with Crippen molar-refractivity contribution in [2.75, 3.05) is 6.61 Å². The molecule has 0 aromatic heterocycles. The SMILES string of the molecule is C[C@@H]1CC2C3C[C@H](F)C4=CC(=O)C=CC4(C)[C@@]3(F)C(O)CC2(C)C1C(=O)COC(=O)C(C)(C)C. The molecule has 4 aliphatic carbocycles. The summed E-state index contributed by atoms with van der Waals surface area (Å²) in [5, 5.41) is 11.3. The predicted molar refractivity (Wildman–Crippen MR) is 122 cm³/mol. The summed E-state index contributed by atoms with van der Waals surface area (Å²) in [7, 11) is 0. The minimum Gasteiger partial charge on any atom is -0.457 e. The zero-order valence-corrected chi connectivity index (χ0v) is 20.9. The number of rotatable bonds is 3. The number of fused-ring (bicyclic) bond motifs is 5. The number of ketones is 2. The molecule has 0 saturated heterocycles. The second kappa shape index (κ2) is 7.81. The Bertz CT molecular complexity index is 980. The van der Waals surface area contributed by atoms with Crippen molar-refractivity contribution < 1.29 is 33.0 Å². The maximum Gasteiger partial charge on any atom is 0.311 e. The van der Waals surface area contributed by atoms with Crippen LogP contribution in [0, 0.1) is 39.9 Å². The number of hydrogen-bond donors (Lipinski definition) is 1. The van der Waals surface area contributed by atoms with Gasteiger partial charge >= 0.3 is 5.97 Å². The van der Waals surface area contributed by atoms with Gasteiger partial charge in [0.15, 0.2) is 17.2 Å². The molecule has 7 heteroatoms. The number of Topliss-reactive ketones (excluding diaryl/α,β-unsaturated/α-hetero) is 1. The van der Waals surface area contributed by atoms with Crippen LogP contribution < -0.4 is 0 Å². The summed E-state index contributed by atoms with van der Waals surface area (Å²) in [5.41, 5.74) is -4.99. The average Bonchev–Trinajstić information content (AvgIpc) is 2.99. The summed E-state index contributed by atoms with van der Waals surface area (Å²) >= 11 is 0. The van der Waals surface area contributed by atoms with E-state index < -0.39 is 52.0 Å². The maximum atomic E-state index is 17.1. The minimum atomic E-state index is -2.15. The minimum absolute atomic E-state index is 0.0419. The van der Waals surface area contributed by atoms with E-state index in [1.807, 2.05) is 13.8 Å². The highest BCUT2D eigenvalue weighted by atomic mass is 19.1. The molecule has 3 fully saturated rings. The fourth-order valence-electron chi connectivity index (χ4n) is 7.70. The molecule has 3 saturated carbocycles. The van der Waals surface area contributed by atoms with E-state index in [-0.39, 0.29) is 48.4 Å². The smallest absolute Gasteiger partial charge is 0.311 e. The van der Waals surface area contributed by atoms with Gasteiger partial charge in [-0.1, -0.05) is 19.9 Å². The molecule has 0 aliphatic heterocycles. The van der Waals surface area contributed by atoms with Crippen LogP contribution >= 0.6 is 0 Å². The van der Waals surface area contributed by atoms with Gasteiger partial charge in [-0.15, -0.1) is 0 Å². The first-order valence-electron chi connectivity index (χ1n) is 12.2. The lowest BCUT2D eigenvalue weighted by atomic mass is 9.45. The van der Waals surface area contributed by atoms with Gasteiger partial charge in [0.2, 0.25) is 0 Å². The molecular weight excluding hydrogens is 442 g/mol. The van der Waals surface area contributed by atoms with Gasteiger partial charge in [0.25, 0.3) is 0 Å². The first-order valence-corrected chi connectivity index (χ1v) is 12.2. The summed E-state index contributed by atoms with van der Waals surface area (Å²) in [5.74, 6) is -2.89. The van der Waals surface area contributed by atoms with Crippen LogP contribution in [-0.2, 0) is 19.1 Å². The Kier molecular flexibility index (Phi) is 5.79. The Balaban J connectivity index is 1.67. The number of halogens is 2. The van der Waals surface area contributed by atoms with Gasteiger partial charge in [-0.05, 0) is 81.9 Å².